The number of aromatic nitrogens is 2. The standard InChI is InChI=1S/C35H40N6O5S2/c1-35(2,3)46-31(43)12-13-40-19-28(20-40)33(45)36-17-23-7-5-8-24(15-23)25-9-6-10-26(16-25)29-22-48-34(38-29)39-30(42)18-37-32(44)27-11-14-41(21-27)47-4/h5-11,14-16,21-22,28H,12-13,17-20H2,1-4H3,(H,36,45)(H,37,44)(H,38,39,42). The fraction of sp³-hybridized carbons (Fsp3) is 0.343. The van der Waals surface area contributed by atoms with Crippen molar-refractivity contribution in [2.24, 2.45) is 5.92 Å². The zero-order valence-corrected chi connectivity index (χ0v) is 29.1. The number of carbonyl (C=O) groups is 4. The zero-order chi connectivity index (χ0) is 34.3. The smallest absolute Gasteiger partial charge is 0.307 e. The summed E-state index contributed by atoms with van der Waals surface area (Å²) >= 11 is 2.78. The first-order valence-corrected chi connectivity index (χ1v) is 17.7. The van der Waals surface area contributed by atoms with Gasteiger partial charge < -0.3 is 25.6 Å². The van der Waals surface area contributed by atoms with E-state index in [1.54, 1.807) is 22.4 Å². The Hall–Kier alpha value is -4.46. The summed E-state index contributed by atoms with van der Waals surface area (Å²) in [5, 5.41) is 10.8. The molecule has 1 saturated heterocycles. The van der Waals surface area contributed by atoms with E-state index in [9.17, 15) is 19.2 Å². The number of nitrogens with zero attached hydrogens (tertiary/aromatic N) is 3. The Morgan fingerprint density at radius 2 is 1.73 bits per heavy atom. The van der Waals surface area contributed by atoms with Crippen LogP contribution in [0.5, 0.6) is 0 Å². The molecule has 48 heavy (non-hydrogen) atoms. The van der Waals surface area contributed by atoms with Crippen LogP contribution in [0.2, 0.25) is 0 Å². The van der Waals surface area contributed by atoms with Crippen LogP contribution < -0.4 is 16.0 Å². The molecule has 0 unspecified atom stereocenters. The Morgan fingerprint density at radius 1 is 1.00 bits per heavy atom. The molecular formula is C35H40N6O5S2. The number of rotatable bonds is 13. The van der Waals surface area contributed by atoms with Crippen LogP contribution in [0.1, 0.15) is 43.1 Å². The van der Waals surface area contributed by atoms with Crippen molar-refractivity contribution in [2.75, 3.05) is 37.8 Å². The number of ether oxygens (including phenoxy) is 1. The lowest BCUT2D eigenvalue weighted by Gasteiger charge is -2.38. The third kappa shape index (κ3) is 9.78. The lowest BCUT2D eigenvalue weighted by Crippen LogP contribution is -2.53. The summed E-state index contributed by atoms with van der Waals surface area (Å²) in [4.78, 5) is 56.2. The summed E-state index contributed by atoms with van der Waals surface area (Å²) in [6, 6.07) is 17.7. The molecule has 1 aliphatic heterocycles. The fourth-order valence-electron chi connectivity index (χ4n) is 5.13. The topological polar surface area (TPSA) is 135 Å². The van der Waals surface area contributed by atoms with Crippen LogP contribution in [0, 0.1) is 5.92 Å². The monoisotopic (exact) mass is 688 g/mol. The molecule has 13 heteroatoms. The number of nitrogens with one attached hydrogen (secondary N) is 3. The molecule has 252 valence electrons. The van der Waals surface area contributed by atoms with Crippen molar-refractivity contribution in [3.8, 4) is 22.4 Å². The molecule has 0 spiro atoms. The predicted molar refractivity (Wildman–Crippen MR) is 190 cm³/mol. The summed E-state index contributed by atoms with van der Waals surface area (Å²) in [6.07, 6.45) is 5.71. The molecule has 0 radical (unpaired) electrons. The quantitative estimate of drug-likeness (QED) is 0.166. The van der Waals surface area contributed by atoms with Crippen LogP contribution in [-0.2, 0) is 25.7 Å². The van der Waals surface area contributed by atoms with Crippen molar-refractivity contribution in [1.29, 1.82) is 0 Å². The van der Waals surface area contributed by atoms with Gasteiger partial charge in [0.1, 0.15) is 5.60 Å². The minimum Gasteiger partial charge on any atom is -0.460 e. The molecule has 0 aliphatic carbocycles. The van der Waals surface area contributed by atoms with Crippen LogP contribution in [0.15, 0.2) is 72.4 Å². The molecule has 3 N–H and O–H groups in total. The zero-order valence-electron chi connectivity index (χ0n) is 27.4. The molecule has 1 fully saturated rings. The van der Waals surface area contributed by atoms with E-state index in [4.69, 9.17) is 4.74 Å². The number of hydrogen-bond acceptors (Lipinski definition) is 9. The molecule has 1 aliphatic rings. The third-order valence-corrected chi connectivity index (χ3v) is 8.97. The summed E-state index contributed by atoms with van der Waals surface area (Å²) in [6.45, 7) is 7.66. The molecule has 4 aromatic rings. The van der Waals surface area contributed by atoms with Crippen molar-refractivity contribution in [2.45, 2.75) is 39.3 Å². The van der Waals surface area contributed by atoms with Gasteiger partial charge in [-0.2, -0.15) is 0 Å². The van der Waals surface area contributed by atoms with Crippen molar-refractivity contribution >= 4 is 52.1 Å². The fourth-order valence-corrected chi connectivity index (χ4v) is 6.26. The van der Waals surface area contributed by atoms with Gasteiger partial charge in [0.2, 0.25) is 11.8 Å². The highest BCUT2D eigenvalue weighted by molar-refractivity contribution is 7.97. The SMILES string of the molecule is CSn1ccc(C(=O)NCC(=O)Nc2nc(-c3cccc(-c4cccc(CNC(=O)C5CN(CCC(=O)OC(C)(C)C)C5)c4)c3)cs2)c1. The van der Waals surface area contributed by atoms with Gasteiger partial charge in [-0.05, 0) is 67.6 Å². The average Bonchev–Trinajstić information content (AvgIpc) is 3.71. The maximum Gasteiger partial charge on any atom is 0.307 e. The number of esters is 1. The van der Waals surface area contributed by atoms with Crippen LogP contribution in [0.25, 0.3) is 22.4 Å². The largest absolute Gasteiger partial charge is 0.460 e. The molecule has 0 saturated carbocycles. The van der Waals surface area contributed by atoms with Gasteiger partial charge in [-0.3, -0.25) is 23.2 Å². The van der Waals surface area contributed by atoms with Crippen LogP contribution >= 0.6 is 23.3 Å². The second-order valence-corrected chi connectivity index (χ2v) is 14.1. The first kappa shape index (κ1) is 34.9. The van der Waals surface area contributed by atoms with Crippen LogP contribution in [0.4, 0.5) is 5.13 Å². The molecule has 11 nitrogen and oxygen atoms in total. The Morgan fingerprint density at radius 3 is 2.46 bits per heavy atom. The van der Waals surface area contributed by atoms with Gasteiger partial charge in [0.25, 0.3) is 5.91 Å². The molecule has 5 rings (SSSR count). The average molecular weight is 689 g/mol. The number of amides is 3. The minimum absolute atomic E-state index is 0.00980. The first-order chi connectivity index (χ1) is 23.0. The highest BCUT2D eigenvalue weighted by atomic mass is 32.2. The van der Waals surface area contributed by atoms with Crippen molar-refractivity contribution in [1.82, 2.24) is 24.5 Å². The highest BCUT2D eigenvalue weighted by Crippen LogP contribution is 2.29. The van der Waals surface area contributed by atoms with E-state index < -0.39 is 5.60 Å². The van der Waals surface area contributed by atoms with E-state index in [1.165, 1.54) is 23.3 Å². The number of thiazole rings is 1. The third-order valence-electron chi connectivity index (χ3n) is 7.57. The van der Waals surface area contributed by atoms with Crippen molar-refractivity contribution < 1.29 is 23.9 Å². The summed E-state index contributed by atoms with van der Waals surface area (Å²) in [7, 11) is 0. The molecule has 2 aromatic heterocycles. The summed E-state index contributed by atoms with van der Waals surface area (Å²) in [5.74, 6) is -0.985. The highest BCUT2D eigenvalue weighted by Gasteiger charge is 2.32. The Labute approximate surface area is 288 Å². The molecule has 3 amide bonds. The number of benzene rings is 2. The van der Waals surface area contributed by atoms with Gasteiger partial charge in [-0.25, -0.2) is 4.98 Å². The molecule has 2 aromatic carbocycles. The first-order valence-electron chi connectivity index (χ1n) is 15.6. The van der Waals surface area contributed by atoms with E-state index in [-0.39, 0.29) is 36.2 Å². The maximum absolute atomic E-state index is 12.8. The van der Waals surface area contributed by atoms with E-state index in [0.29, 0.717) is 43.3 Å². The number of anilines is 1. The van der Waals surface area contributed by atoms with E-state index in [1.807, 2.05) is 74.9 Å². The number of hydrogen-bond donors (Lipinski definition) is 3. The van der Waals surface area contributed by atoms with Crippen LogP contribution in [-0.4, -0.2) is 75.6 Å². The Balaban J connectivity index is 1.09. The van der Waals surface area contributed by atoms with Gasteiger partial charge >= 0.3 is 5.97 Å². The molecular weight excluding hydrogens is 649 g/mol. The molecule has 0 bridgehead atoms. The van der Waals surface area contributed by atoms with E-state index in [0.717, 1.165) is 27.9 Å². The predicted octanol–water partition coefficient (Wildman–Crippen LogP) is 5.05. The molecule has 0 atom stereocenters. The summed E-state index contributed by atoms with van der Waals surface area (Å²) < 4.78 is 7.16. The van der Waals surface area contributed by atoms with Crippen LogP contribution in [0.3, 0.4) is 0 Å². The Bertz CT molecular complexity index is 1770. The minimum atomic E-state index is -0.494. The number of likely N-dealkylation sites (tertiary alicyclic amines) is 1. The second-order valence-electron chi connectivity index (χ2n) is 12.5. The lowest BCUT2D eigenvalue weighted by atomic mass is 9.98. The van der Waals surface area contributed by atoms with E-state index >= 15 is 0 Å². The lowest BCUT2D eigenvalue weighted by molar-refractivity contribution is -0.155. The number of carbonyl (C=O) groups excluding carboxylic acids is 4. The van der Waals surface area contributed by atoms with E-state index in [2.05, 4.69) is 31.9 Å². The summed E-state index contributed by atoms with van der Waals surface area (Å²) in [5.41, 5.74) is 4.61. The van der Waals surface area contributed by atoms with Gasteiger partial charge in [0.05, 0.1) is 30.1 Å². The van der Waals surface area contributed by atoms with Gasteiger partial charge in [0, 0.05) is 55.8 Å². The Kier molecular flexibility index (Phi) is 11.3. The van der Waals surface area contributed by atoms with Crippen molar-refractivity contribution in [3.63, 3.8) is 0 Å². The molecule has 3 heterocycles. The van der Waals surface area contributed by atoms with Crippen molar-refractivity contribution in [3.05, 3.63) is 83.5 Å². The van der Waals surface area contributed by atoms with Gasteiger partial charge in [0.15, 0.2) is 5.13 Å². The second kappa shape index (κ2) is 15.6. The van der Waals surface area contributed by atoms with Gasteiger partial charge in [-0.15, -0.1) is 11.3 Å². The van der Waals surface area contributed by atoms with Gasteiger partial charge in [-0.1, -0.05) is 36.4 Å². The normalized spacial score (nSPS) is 13.4. The maximum atomic E-state index is 12.8.